The molecular weight excluding hydrogens is 416 g/mol. The molecule has 0 saturated heterocycles. The van der Waals surface area contributed by atoms with Crippen LogP contribution in [0.4, 0.5) is 14.5 Å². The lowest BCUT2D eigenvalue weighted by Gasteiger charge is -2.14. The van der Waals surface area contributed by atoms with Gasteiger partial charge in [-0.3, -0.25) is 9.79 Å². The standard InChI is InChI=1S/C22H17F2N7O/c1-30-9-8-25-20(30)15-4-7-19(18(24)12-15)26-22(32)21-27-28-29-31(21)17-6-3-13-10-16(23)5-2-14(13)11-17/h2-7,10-12H,8-9H2,1H3,(H,26,32). The fourth-order valence-electron chi connectivity index (χ4n) is 3.62. The Morgan fingerprint density at radius 2 is 1.84 bits per heavy atom. The van der Waals surface area contributed by atoms with Gasteiger partial charge in [0.05, 0.1) is 17.9 Å². The Balaban J connectivity index is 1.41. The number of fused-ring (bicyclic) bond motifs is 1. The van der Waals surface area contributed by atoms with Crippen LogP contribution in [0.2, 0.25) is 0 Å². The molecule has 1 N–H and O–H groups in total. The summed E-state index contributed by atoms with van der Waals surface area (Å²) in [5.41, 5.74) is 1.15. The quantitative estimate of drug-likeness (QED) is 0.535. The number of likely N-dealkylation sites (N-methyl/N-ethyl adjacent to an activating group) is 1. The molecule has 0 spiro atoms. The third-order valence-electron chi connectivity index (χ3n) is 5.24. The molecule has 0 bridgehead atoms. The van der Waals surface area contributed by atoms with Crippen LogP contribution >= 0.6 is 0 Å². The van der Waals surface area contributed by atoms with Crippen LogP contribution < -0.4 is 5.32 Å². The van der Waals surface area contributed by atoms with Gasteiger partial charge in [0.15, 0.2) is 0 Å². The van der Waals surface area contributed by atoms with Gasteiger partial charge in [0, 0.05) is 19.2 Å². The normalized spacial score (nSPS) is 13.5. The van der Waals surface area contributed by atoms with Gasteiger partial charge in [0.1, 0.15) is 17.5 Å². The highest BCUT2D eigenvalue weighted by molar-refractivity contribution is 6.03. The number of tetrazole rings is 1. The summed E-state index contributed by atoms with van der Waals surface area (Å²) in [6.07, 6.45) is 0. The van der Waals surface area contributed by atoms with E-state index < -0.39 is 11.7 Å². The lowest BCUT2D eigenvalue weighted by Crippen LogP contribution is -2.23. The summed E-state index contributed by atoms with van der Waals surface area (Å²) in [6, 6.07) is 14.0. The average molecular weight is 433 g/mol. The molecule has 5 rings (SSSR count). The summed E-state index contributed by atoms with van der Waals surface area (Å²) in [5, 5.41) is 15.2. The van der Waals surface area contributed by atoms with E-state index in [1.54, 1.807) is 30.3 Å². The number of amides is 1. The molecule has 3 aromatic carbocycles. The lowest BCUT2D eigenvalue weighted by atomic mass is 10.1. The topological polar surface area (TPSA) is 88.3 Å². The van der Waals surface area contributed by atoms with Crippen LogP contribution in [0.1, 0.15) is 16.2 Å². The zero-order chi connectivity index (χ0) is 22.2. The molecule has 10 heteroatoms. The number of rotatable bonds is 4. The first-order valence-corrected chi connectivity index (χ1v) is 9.84. The van der Waals surface area contributed by atoms with Gasteiger partial charge < -0.3 is 10.2 Å². The summed E-state index contributed by atoms with van der Waals surface area (Å²) in [7, 11) is 1.89. The van der Waals surface area contributed by atoms with Crippen molar-refractivity contribution in [1.82, 2.24) is 25.1 Å². The van der Waals surface area contributed by atoms with Crippen molar-refractivity contribution in [1.29, 1.82) is 0 Å². The first kappa shape index (κ1) is 19.7. The van der Waals surface area contributed by atoms with Crippen molar-refractivity contribution in [3.05, 3.63) is 77.6 Å². The smallest absolute Gasteiger partial charge is 0.295 e. The number of hydrogen-bond donors (Lipinski definition) is 1. The van der Waals surface area contributed by atoms with Gasteiger partial charge in [0.25, 0.3) is 5.91 Å². The fourth-order valence-corrected chi connectivity index (χ4v) is 3.62. The maximum absolute atomic E-state index is 14.7. The largest absolute Gasteiger partial charge is 0.358 e. The minimum absolute atomic E-state index is 0.00327. The van der Waals surface area contributed by atoms with E-state index >= 15 is 0 Å². The summed E-state index contributed by atoms with van der Waals surface area (Å²) in [4.78, 5) is 19.1. The van der Waals surface area contributed by atoms with Gasteiger partial charge >= 0.3 is 0 Å². The Hall–Kier alpha value is -4.21. The highest BCUT2D eigenvalue weighted by Gasteiger charge is 2.20. The fraction of sp³-hybridized carbons (Fsp3) is 0.136. The van der Waals surface area contributed by atoms with E-state index in [1.807, 2.05) is 11.9 Å². The number of hydrogen-bond acceptors (Lipinski definition) is 6. The van der Waals surface area contributed by atoms with Crippen molar-refractivity contribution in [3.63, 3.8) is 0 Å². The van der Waals surface area contributed by atoms with Crippen molar-refractivity contribution < 1.29 is 13.6 Å². The molecule has 0 fully saturated rings. The maximum Gasteiger partial charge on any atom is 0.295 e. The van der Waals surface area contributed by atoms with Gasteiger partial charge in [-0.15, -0.1) is 5.10 Å². The van der Waals surface area contributed by atoms with Gasteiger partial charge in [-0.2, -0.15) is 4.68 Å². The number of benzene rings is 3. The van der Waals surface area contributed by atoms with E-state index in [0.29, 0.717) is 29.0 Å². The first-order chi connectivity index (χ1) is 15.5. The van der Waals surface area contributed by atoms with E-state index in [-0.39, 0.29) is 17.3 Å². The summed E-state index contributed by atoms with van der Waals surface area (Å²) < 4.78 is 29.4. The Labute approximate surface area is 181 Å². The number of aromatic nitrogens is 4. The second kappa shape index (κ2) is 7.80. The molecule has 8 nitrogen and oxygen atoms in total. The molecule has 160 valence electrons. The number of aliphatic imine (C=N–C) groups is 1. The van der Waals surface area contributed by atoms with Crippen molar-refractivity contribution in [3.8, 4) is 5.69 Å². The molecular formula is C22H17F2N7O. The molecule has 0 atom stereocenters. The number of amidine groups is 1. The van der Waals surface area contributed by atoms with Crippen LogP contribution in [0, 0.1) is 11.6 Å². The molecule has 1 aromatic heterocycles. The Morgan fingerprint density at radius 3 is 2.62 bits per heavy atom. The average Bonchev–Trinajstić information content (AvgIpc) is 3.44. The zero-order valence-corrected chi connectivity index (χ0v) is 17.0. The molecule has 4 aromatic rings. The minimum Gasteiger partial charge on any atom is -0.358 e. The van der Waals surface area contributed by atoms with Crippen LogP contribution in [0.25, 0.3) is 16.5 Å². The highest BCUT2D eigenvalue weighted by Crippen LogP contribution is 2.22. The highest BCUT2D eigenvalue weighted by atomic mass is 19.1. The predicted octanol–water partition coefficient (Wildman–Crippen LogP) is 3.04. The van der Waals surface area contributed by atoms with Crippen LogP contribution in [0.15, 0.2) is 59.6 Å². The molecule has 0 unspecified atom stereocenters. The summed E-state index contributed by atoms with van der Waals surface area (Å²) >= 11 is 0. The maximum atomic E-state index is 14.7. The van der Waals surface area contributed by atoms with E-state index in [4.69, 9.17) is 0 Å². The van der Waals surface area contributed by atoms with Gasteiger partial charge in [-0.1, -0.05) is 12.1 Å². The molecule has 1 aliphatic rings. The number of anilines is 1. The molecule has 1 amide bonds. The van der Waals surface area contributed by atoms with Crippen LogP contribution in [0.5, 0.6) is 0 Å². The van der Waals surface area contributed by atoms with E-state index in [9.17, 15) is 13.6 Å². The number of carbonyl (C=O) groups excluding carboxylic acids is 1. The summed E-state index contributed by atoms with van der Waals surface area (Å²) in [6.45, 7) is 1.44. The Kier molecular flexibility index (Phi) is 4.81. The van der Waals surface area contributed by atoms with Crippen molar-refractivity contribution >= 4 is 28.2 Å². The van der Waals surface area contributed by atoms with Gasteiger partial charge in [-0.05, 0) is 63.7 Å². The minimum atomic E-state index is -0.670. The molecule has 1 aliphatic heterocycles. The third-order valence-corrected chi connectivity index (χ3v) is 5.24. The SMILES string of the molecule is CN1CCN=C1c1ccc(NC(=O)c2nnnn2-c2ccc3cc(F)ccc3c2)c(F)c1. The molecule has 0 saturated carbocycles. The Morgan fingerprint density at radius 1 is 1.03 bits per heavy atom. The van der Waals surface area contributed by atoms with Gasteiger partial charge in [0.2, 0.25) is 5.82 Å². The van der Waals surface area contributed by atoms with Crippen molar-refractivity contribution in [2.75, 3.05) is 25.5 Å². The third kappa shape index (κ3) is 3.55. The second-order valence-corrected chi connectivity index (χ2v) is 7.37. The molecule has 0 aliphatic carbocycles. The number of nitrogens with zero attached hydrogens (tertiary/aromatic N) is 6. The predicted molar refractivity (Wildman–Crippen MR) is 115 cm³/mol. The van der Waals surface area contributed by atoms with Gasteiger partial charge in [-0.25, -0.2) is 8.78 Å². The van der Waals surface area contributed by atoms with Crippen molar-refractivity contribution in [2.45, 2.75) is 0 Å². The van der Waals surface area contributed by atoms with Crippen molar-refractivity contribution in [2.24, 2.45) is 4.99 Å². The lowest BCUT2D eigenvalue weighted by molar-refractivity contribution is 0.101. The number of nitrogens with one attached hydrogen (secondary N) is 1. The molecule has 0 radical (unpaired) electrons. The molecule has 2 heterocycles. The molecule has 32 heavy (non-hydrogen) atoms. The van der Waals surface area contributed by atoms with Crippen LogP contribution in [0.3, 0.4) is 0 Å². The second-order valence-electron chi connectivity index (χ2n) is 7.37. The first-order valence-electron chi connectivity index (χ1n) is 9.84. The number of halogens is 2. The summed E-state index contributed by atoms with van der Waals surface area (Å²) in [5.74, 6) is -1.01. The number of carbonyl (C=O) groups is 1. The van der Waals surface area contributed by atoms with Crippen LogP contribution in [-0.2, 0) is 0 Å². The van der Waals surface area contributed by atoms with E-state index in [0.717, 1.165) is 11.9 Å². The monoisotopic (exact) mass is 433 g/mol. The Bertz CT molecular complexity index is 1380. The van der Waals surface area contributed by atoms with E-state index in [1.165, 1.54) is 28.9 Å². The van der Waals surface area contributed by atoms with Crippen LogP contribution in [-0.4, -0.2) is 57.0 Å². The van der Waals surface area contributed by atoms with E-state index in [2.05, 4.69) is 25.8 Å². The zero-order valence-electron chi connectivity index (χ0n) is 17.0.